The Morgan fingerprint density at radius 2 is 2.06 bits per heavy atom. The second-order valence-electron chi connectivity index (χ2n) is 7.98. The summed E-state index contributed by atoms with van der Waals surface area (Å²) < 4.78 is 16.0. The molecule has 0 radical (unpaired) electrons. The van der Waals surface area contributed by atoms with Crippen LogP contribution in [-0.2, 0) is 4.74 Å². The van der Waals surface area contributed by atoms with Gasteiger partial charge in [0, 0.05) is 40.9 Å². The third-order valence-corrected chi connectivity index (χ3v) is 6.49. The van der Waals surface area contributed by atoms with E-state index >= 15 is 0 Å². The van der Waals surface area contributed by atoms with Crippen molar-refractivity contribution in [3.05, 3.63) is 52.9 Å². The number of fused-ring (bicyclic) bond motifs is 4. The van der Waals surface area contributed by atoms with Crippen molar-refractivity contribution in [3.63, 3.8) is 0 Å². The average molecular weight is 469 g/mol. The van der Waals surface area contributed by atoms with Crippen LogP contribution in [0.3, 0.4) is 0 Å². The number of aromatic nitrogens is 1. The number of nitrogens with one attached hydrogen (secondary N) is 1. The van der Waals surface area contributed by atoms with Crippen LogP contribution in [0.4, 0.5) is 5.69 Å². The first-order valence-electron chi connectivity index (χ1n) is 10.3. The van der Waals surface area contributed by atoms with Crippen LogP contribution in [0.1, 0.15) is 38.1 Å². The number of ether oxygens (including phenoxy) is 2. The highest BCUT2D eigenvalue weighted by Crippen LogP contribution is 2.47. The number of carbonyl (C=O) groups excluding carboxylic acids is 2. The molecule has 9 heteroatoms. The zero-order valence-corrected chi connectivity index (χ0v) is 18.9. The molecule has 2 aromatic heterocycles. The van der Waals surface area contributed by atoms with E-state index in [4.69, 9.17) is 25.5 Å². The number of phenolic OH excluding ortho intramolecular Hbond substituents is 1. The van der Waals surface area contributed by atoms with Gasteiger partial charge in [-0.2, -0.15) is 0 Å². The summed E-state index contributed by atoms with van der Waals surface area (Å²) in [6, 6.07) is 8.46. The molecule has 0 saturated carbocycles. The number of benzene rings is 2. The SMILES string of the molecule is COC(=O)c1c(C)[nH]c2c(O)cc3c(c12)[C@H](CCl)CN3C(=O)c1cc2cc(OC)ccc2o1. The van der Waals surface area contributed by atoms with Gasteiger partial charge in [0.25, 0.3) is 5.91 Å². The van der Waals surface area contributed by atoms with Crippen LogP contribution >= 0.6 is 11.6 Å². The molecule has 2 aromatic carbocycles. The first-order valence-corrected chi connectivity index (χ1v) is 10.8. The Kier molecular flexibility index (Phi) is 4.97. The average Bonchev–Trinajstić information content (AvgIpc) is 3.50. The first-order chi connectivity index (χ1) is 15.9. The molecule has 1 atom stereocenters. The maximum absolute atomic E-state index is 13.5. The van der Waals surface area contributed by atoms with Crippen LogP contribution in [-0.4, -0.2) is 48.6 Å². The predicted molar refractivity (Wildman–Crippen MR) is 124 cm³/mol. The lowest BCUT2D eigenvalue weighted by Gasteiger charge is -2.16. The second kappa shape index (κ2) is 7.74. The Morgan fingerprint density at radius 3 is 2.76 bits per heavy atom. The van der Waals surface area contributed by atoms with Crippen LogP contribution in [0.15, 0.2) is 34.7 Å². The highest BCUT2D eigenvalue weighted by Gasteiger charge is 2.38. The molecule has 3 heterocycles. The number of aromatic hydroxyl groups is 1. The van der Waals surface area contributed by atoms with Crippen molar-refractivity contribution in [2.24, 2.45) is 0 Å². The van der Waals surface area contributed by atoms with Crippen LogP contribution in [0, 0.1) is 6.92 Å². The number of methoxy groups -OCH3 is 2. The highest BCUT2D eigenvalue weighted by atomic mass is 35.5. The molecular formula is C24H21ClN2O6. The quantitative estimate of drug-likeness (QED) is 0.332. The van der Waals surface area contributed by atoms with Gasteiger partial charge in [-0.05, 0) is 36.8 Å². The lowest BCUT2D eigenvalue weighted by atomic mass is 9.95. The molecule has 4 aromatic rings. The van der Waals surface area contributed by atoms with Crippen molar-refractivity contribution < 1.29 is 28.6 Å². The Bertz CT molecular complexity index is 1440. The van der Waals surface area contributed by atoms with Gasteiger partial charge in [0.2, 0.25) is 0 Å². The smallest absolute Gasteiger partial charge is 0.340 e. The largest absolute Gasteiger partial charge is 0.506 e. The van der Waals surface area contributed by atoms with Crippen molar-refractivity contribution in [1.82, 2.24) is 4.98 Å². The molecule has 5 rings (SSSR count). The maximum atomic E-state index is 13.5. The normalized spacial score (nSPS) is 15.3. The molecule has 1 aliphatic heterocycles. The summed E-state index contributed by atoms with van der Waals surface area (Å²) in [5.74, 6) is -0.209. The van der Waals surface area contributed by atoms with Gasteiger partial charge in [0.15, 0.2) is 5.76 Å². The Morgan fingerprint density at radius 1 is 1.27 bits per heavy atom. The minimum Gasteiger partial charge on any atom is -0.506 e. The number of aromatic amines is 1. The van der Waals surface area contributed by atoms with Gasteiger partial charge >= 0.3 is 5.97 Å². The van der Waals surface area contributed by atoms with E-state index in [0.717, 1.165) is 5.39 Å². The van der Waals surface area contributed by atoms with Gasteiger partial charge in [0.05, 0.1) is 31.0 Å². The number of alkyl halides is 1. The predicted octanol–water partition coefficient (Wildman–Crippen LogP) is 4.71. The number of carbonyl (C=O) groups is 2. The Labute approximate surface area is 193 Å². The van der Waals surface area contributed by atoms with Gasteiger partial charge < -0.3 is 28.9 Å². The number of furan rings is 1. The topological polar surface area (TPSA) is 105 Å². The highest BCUT2D eigenvalue weighted by molar-refractivity contribution is 6.20. The lowest BCUT2D eigenvalue weighted by molar-refractivity contribution is 0.0602. The fourth-order valence-corrected chi connectivity index (χ4v) is 4.85. The van der Waals surface area contributed by atoms with E-state index < -0.39 is 5.97 Å². The summed E-state index contributed by atoms with van der Waals surface area (Å²) in [5, 5.41) is 12.0. The van der Waals surface area contributed by atoms with Crippen molar-refractivity contribution in [2.45, 2.75) is 12.8 Å². The van der Waals surface area contributed by atoms with Crippen molar-refractivity contribution >= 4 is 51.0 Å². The molecule has 2 N–H and O–H groups in total. The molecule has 0 saturated heterocycles. The fourth-order valence-electron chi connectivity index (χ4n) is 4.60. The van der Waals surface area contributed by atoms with Gasteiger partial charge in [-0.15, -0.1) is 11.6 Å². The monoisotopic (exact) mass is 468 g/mol. The molecule has 1 amide bonds. The molecule has 0 fully saturated rings. The van der Waals surface area contributed by atoms with E-state index in [-0.39, 0.29) is 35.8 Å². The van der Waals surface area contributed by atoms with Crippen molar-refractivity contribution in [1.29, 1.82) is 0 Å². The number of nitrogens with zero attached hydrogens (tertiary/aromatic N) is 1. The zero-order chi connectivity index (χ0) is 23.4. The number of anilines is 1. The van der Waals surface area contributed by atoms with Gasteiger partial charge in [0.1, 0.15) is 17.1 Å². The standard InChI is InChI=1S/C24H21ClN2O6/c1-11-19(24(30)32-3)21-20-13(9-25)10-27(15(20)8-16(28)22(21)26-11)23(29)18-7-12-6-14(31-2)4-5-17(12)33-18/h4-8,13,26,28H,9-10H2,1-3H3/t13-/m1/s1. The molecule has 8 nitrogen and oxygen atoms in total. The minimum absolute atomic E-state index is 0.0793. The molecule has 0 bridgehead atoms. The van der Waals surface area contributed by atoms with Crippen LogP contribution in [0.2, 0.25) is 0 Å². The molecular weight excluding hydrogens is 448 g/mol. The number of hydrogen-bond donors (Lipinski definition) is 2. The van der Waals surface area contributed by atoms with Gasteiger partial charge in [-0.25, -0.2) is 4.79 Å². The number of hydrogen-bond acceptors (Lipinski definition) is 6. The van der Waals surface area contributed by atoms with Gasteiger partial charge in [-0.1, -0.05) is 0 Å². The molecule has 170 valence electrons. The third kappa shape index (κ3) is 3.13. The summed E-state index contributed by atoms with van der Waals surface area (Å²) in [4.78, 5) is 30.6. The molecule has 0 spiro atoms. The molecule has 0 aliphatic carbocycles. The fraction of sp³-hybridized carbons (Fsp3) is 0.250. The number of phenols is 1. The van der Waals surface area contributed by atoms with E-state index in [0.29, 0.717) is 44.7 Å². The lowest BCUT2D eigenvalue weighted by Crippen LogP contribution is -2.29. The van der Waals surface area contributed by atoms with E-state index in [1.807, 2.05) is 0 Å². The number of halogens is 1. The number of aryl methyl sites for hydroxylation is 1. The summed E-state index contributed by atoms with van der Waals surface area (Å²) in [5.41, 5.74) is 3.04. The molecule has 33 heavy (non-hydrogen) atoms. The number of rotatable bonds is 4. The summed E-state index contributed by atoms with van der Waals surface area (Å²) in [7, 11) is 2.87. The molecule has 0 unspecified atom stereocenters. The third-order valence-electron chi connectivity index (χ3n) is 6.12. The minimum atomic E-state index is -0.532. The number of amides is 1. The van der Waals surface area contributed by atoms with E-state index in [1.54, 1.807) is 38.3 Å². The Hall–Kier alpha value is -3.65. The maximum Gasteiger partial charge on any atom is 0.340 e. The van der Waals surface area contributed by atoms with Crippen molar-refractivity contribution in [3.8, 4) is 11.5 Å². The summed E-state index contributed by atoms with van der Waals surface area (Å²) in [6.45, 7) is 2.01. The van der Waals surface area contributed by atoms with E-state index in [1.165, 1.54) is 18.1 Å². The van der Waals surface area contributed by atoms with Crippen LogP contribution in [0.25, 0.3) is 21.9 Å². The summed E-state index contributed by atoms with van der Waals surface area (Å²) in [6.07, 6.45) is 0. The van der Waals surface area contributed by atoms with E-state index in [9.17, 15) is 14.7 Å². The molecule has 1 aliphatic rings. The number of esters is 1. The van der Waals surface area contributed by atoms with Gasteiger partial charge in [-0.3, -0.25) is 4.79 Å². The first kappa shape index (κ1) is 21.2. The summed E-state index contributed by atoms with van der Waals surface area (Å²) >= 11 is 6.30. The second-order valence-corrected chi connectivity index (χ2v) is 8.29. The van der Waals surface area contributed by atoms with Crippen LogP contribution in [0.5, 0.6) is 11.5 Å². The number of H-pyrrole nitrogens is 1. The van der Waals surface area contributed by atoms with Crippen LogP contribution < -0.4 is 9.64 Å². The van der Waals surface area contributed by atoms with Crippen molar-refractivity contribution in [2.75, 3.05) is 31.5 Å². The van der Waals surface area contributed by atoms with E-state index in [2.05, 4.69) is 4.98 Å². The Balaban J connectivity index is 1.67. The zero-order valence-electron chi connectivity index (χ0n) is 18.2.